The summed E-state index contributed by atoms with van der Waals surface area (Å²) in [6.07, 6.45) is 2.74. The minimum Gasteiger partial charge on any atom is -0.477 e. The third kappa shape index (κ3) is 10.6. The van der Waals surface area contributed by atoms with Crippen molar-refractivity contribution >= 4 is 23.9 Å². The van der Waals surface area contributed by atoms with Gasteiger partial charge in [-0.1, -0.05) is 60.5 Å². The lowest BCUT2D eigenvalue weighted by Gasteiger charge is -2.35. The van der Waals surface area contributed by atoms with E-state index in [0.29, 0.717) is 18.4 Å². The molecule has 0 aromatic heterocycles. The first-order chi connectivity index (χ1) is 18.6. The highest BCUT2D eigenvalue weighted by atomic mass is 16.6. The number of rotatable bonds is 17. The first kappa shape index (κ1) is 35.1. The quantitative estimate of drug-likeness (QED) is 0.132. The van der Waals surface area contributed by atoms with E-state index in [4.69, 9.17) is 14.2 Å². The van der Waals surface area contributed by atoms with Crippen molar-refractivity contribution in [1.82, 2.24) is 5.32 Å². The number of nitrogens with one attached hydrogen (secondary N) is 1. The van der Waals surface area contributed by atoms with Crippen molar-refractivity contribution in [1.29, 1.82) is 0 Å². The van der Waals surface area contributed by atoms with Crippen LogP contribution in [-0.4, -0.2) is 40.8 Å². The number of benzene rings is 1. The molecular formula is C31H49NO8. The average Bonchev–Trinajstić information content (AvgIpc) is 2.89. The Bertz CT molecular complexity index is 1020. The highest BCUT2D eigenvalue weighted by Crippen LogP contribution is 2.33. The minimum absolute atomic E-state index is 0.00588. The van der Waals surface area contributed by atoms with Crippen molar-refractivity contribution in [3.05, 3.63) is 23.8 Å². The average molecular weight is 564 g/mol. The highest BCUT2D eigenvalue weighted by molar-refractivity contribution is 5.84. The van der Waals surface area contributed by atoms with Gasteiger partial charge in [0.15, 0.2) is 11.5 Å². The molecule has 1 aromatic rings. The zero-order valence-electron chi connectivity index (χ0n) is 25.7. The Morgan fingerprint density at radius 1 is 0.850 bits per heavy atom. The third-order valence-electron chi connectivity index (χ3n) is 7.47. The van der Waals surface area contributed by atoms with Gasteiger partial charge in [0.1, 0.15) is 0 Å². The largest absolute Gasteiger partial charge is 0.477 e. The second kappa shape index (κ2) is 15.7. The summed E-state index contributed by atoms with van der Waals surface area (Å²) in [5.74, 6) is -2.68. The number of aliphatic carboxylic acids is 1. The molecule has 0 fully saturated rings. The predicted molar refractivity (Wildman–Crippen MR) is 153 cm³/mol. The van der Waals surface area contributed by atoms with Crippen molar-refractivity contribution in [2.24, 2.45) is 17.3 Å². The summed E-state index contributed by atoms with van der Waals surface area (Å²) >= 11 is 0. The number of carbonyl (C=O) groups is 4. The first-order valence-corrected chi connectivity index (χ1v) is 14.4. The Labute approximate surface area is 239 Å². The maximum Gasteiger partial charge on any atom is 0.364 e. The number of esters is 3. The second-order valence-corrected chi connectivity index (χ2v) is 11.6. The lowest BCUT2D eigenvalue weighted by Crippen LogP contribution is -2.60. The number of carboxylic acids is 1. The summed E-state index contributed by atoms with van der Waals surface area (Å²) in [5, 5.41) is 13.3. The van der Waals surface area contributed by atoms with Gasteiger partial charge in [0.05, 0.1) is 5.41 Å². The van der Waals surface area contributed by atoms with Crippen LogP contribution < -0.4 is 14.8 Å². The zero-order valence-corrected chi connectivity index (χ0v) is 25.7. The summed E-state index contributed by atoms with van der Waals surface area (Å²) in [6.45, 7) is 16.7. The Morgan fingerprint density at radius 2 is 1.38 bits per heavy atom. The third-order valence-corrected chi connectivity index (χ3v) is 7.47. The van der Waals surface area contributed by atoms with Gasteiger partial charge < -0.3 is 19.3 Å². The second-order valence-electron chi connectivity index (χ2n) is 11.6. The molecule has 1 rings (SSSR count). The van der Waals surface area contributed by atoms with Gasteiger partial charge in [-0.15, -0.1) is 0 Å². The van der Waals surface area contributed by atoms with E-state index in [1.165, 1.54) is 12.1 Å². The highest BCUT2D eigenvalue weighted by Gasteiger charge is 2.46. The molecule has 0 heterocycles. The molecule has 9 nitrogen and oxygen atoms in total. The fourth-order valence-corrected chi connectivity index (χ4v) is 3.54. The summed E-state index contributed by atoms with van der Waals surface area (Å²) in [5.41, 5.74) is -2.57. The van der Waals surface area contributed by atoms with Crippen LogP contribution in [0, 0.1) is 17.3 Å². The Kier molecular flexibility index (Phi) is 13.8. The standard InChI is InChI=1S/C31H49NO8/c1-10-20(5)16-26(33)38-24-15-14-23(18-25(24)39-27(34)17-21(6)11-2)19-31(28(35)36,32-22(7)12-3)40-29(37)30(8,9)13-4/h14-15,18,20-22,32H,10-13,16-17,19H2,1-9H3,(H,35,36)/t20?,21?,22?,31-/m0/s1. The van der Waals surface area contributed by atoms with Gasteiger partial charge >= 0.3 is 23.9 Å². The molecule has 9 heteroatoms. The maximum absolute atomic E-state index is 13.1. The van der Waals surface area contributed by atoms with Gasteiger partial charge in [-0.05, 0) is 63.1 Å². The molecule has 2 N–H and O–H groups in total. The van der Waals surface area contributed by atoms with E-state index in [0.717, 1.165) is 12.8 Å². The van der Waals surface area contributed by atoms with E-state index in [1.54, 1.807) is 26.8 Å². The van der Waals surface area contributed by atoms with Crippen LogP contribution >= 0.6 is 0 Å². The Hall–Kier alpha value is -2.94. The number of carbonyl (C=O) groups excluding carboxylic acids is 3. The van der Waals surface area contributed by atoms with Crippen LogP contribution in [0.5, 0.6) is 11.5 Å². The molecular weight excluding hydrogens is 514 g/mol. The van der Waals surface area contributed by atoms with Crippen LogP contribution in [0.15, 0.2) is 18.2 Å². The number of ether oxygens (including phenoxy) is 3. The van der Waals surface area contributed by atoms with Gasteiger partial charge in [-0.3, -0.25) is 19.7 Å². The van der Waals surface area contributed by atoms with Gasteiger partial charge in [0.2, 0.25) is 0 Å². The molecule has 0 aliphatic rings. The van der Waals surface area contributed by atoms with Gasteiger partial charge in [0, 0.05) is 25.3 Å². The lowest BCUT2D eigenvalue weighted by atomic mass is 9.90. The van der Waals surface area contributed by atoms with Crippen molar-refractivity contribution in [3.63, 3.8) is 0 Å². The number of hydrogen-bond donors (Lipinski definition) is 2. The molecule has 0 saturated carbocycles. The van der Waals surface area contributed by atoms with Crippen LogP contribution in [0.3, 0.4) is 0 Å². The van der Waals surface area contributed by atoms with E-state index >= 15 is 0 Å². The Balaban J connectivity index is 3.53. The van der Waals surface area contributed by atoms with Crippen molar-refractivity contribution in [3.8, 4) is 11.5 Å². The summed E-state index contributed by atoms with van der Waals surface area (Å²) in [7, 11) is 0. The molecule has 226 valence electrons. The molecule has 4 atom stereocenters. The molecule has 0 aliphatic heterocycles. The normalized spacial score (nSPS) is 15.3. The smallest absolute Gasteiger partial charge is 0.364 e. The van der Waals surface area contributed by atoms with E-state index in [-0.39, 0.29) is 48.6 Å². The Morgan fingerprint density at radius 3 is 1.82 bits per heavy atom. The summed E-state index contributed by atoms with van der Waals surface area (Å²) < 4.78 is 16.9. The van der Waals surface area contributed by atoms with E-state index < -0.39 is 35.0 Å². The fraction of sp³-hybridized carbons (Fsp3) is 0.677. The molecule has 40 heavy (non-hydrogen) atoms. The van der Waals surface area contributed by atoms with Gasteiger partial charge in [-0.2, -0.15) is 0 Å². The van der Waals surface area contributed by atoms with E-state index in [9.17, 15) is 24.3 Å². The maximum atomic E-state index is 13.1. The first-order valence-electron chi connectivity index (χ1n) is 14.4. The van der Waals surface area contributed by atoms with Crippen LogP contribution in [0.1, 0.15) is 106 Å². The molecule has 0 spiro atoms. The van der Waals surface area contributed by atoms with Crippen LogP contribution in [-0.2, 0) is 30.3 Å². The van der Waals surface area contributed by atoms with E-state index in [1.807, 2.05) is 41.5 Å². The molecule has 0 amide bonds. The summed E-state index contributed by atoms with van der Waals surface area (Å²) in [6, 6.07) is 4.23. The van der Waals surface area contributed by atoms with Crippen molar-refractivity contribution < 1.29 is 38.5 Å². The SMILES string of the molecule is CCC(C)CC(=O)Oc1ccc(C[C@](NC(C)CC)(OC(=O)C(C)(C)CC)C(=O)O)cc1OC(=O)CC(C)CC. The number of hydrogen-bond acceptors (Lipinski definition) is 8. The van der Waals surface area contributed by atoms with E-state index in [2.05, 4.69) is 5.32 Å². The molecule has 0 radical (unpaired) electrons. The molecule has 3 unspecified atom stereocenters. The van der Waals surface area contributed by atoms with Crippen molar-refractivity contribution in [2.75, 3.05) is 0 Å². The van der Waals surface area contributed by atoms with Gasteiger partial charge in [-0.25, -0.2) is 4.79 Å². The predicted octanol–water partition coefficient (Wildman–Crippen LogP) is 6.06. The molecule has 1 aromatic carbocycles. The monoisotopic (exact) mass is 563 g/mol. The van der Waals surface area contributed by atoms with Crippen molar-refractivity contribution in [2.45, 2.75) is 119 Å². The number of carboxylic acid groups (broad SMARTS) is 1. The fourth-order valence-electron chi connectivity index (χ4n) is 3.54. The molecule has 0 aliphatic carbocycles. The molecule has 0 bridgehead atoms. The zero-order chi connectivity index (χ0) is 30.7. The van der Waals surface area contributed by atoms with Crippen LogP contribution in [0.2, 0.25) is 0 Å². The summed E-state index contributed by atoms with van der Waals surface area (Å²) in [4.78, 5) is 51.0. The minimum atomic E-state index is -2.08. The lowest BCUT2D eigenvalue weighted by molar-refractivity contribution is -0.191. The molecule has 0 saturated heterocycles. The topological polar surface area (TPSA) is 128 Å². The van der Waals surface area contributed by atoms with Crippen LogP contribution in [0.4, 0.5) is 0 Å². The van der Waals surface area contributed by atoms with Crippen LogP contribution in [0.25, 0.3) is 0 Å². The van der Waals surface area contributed by atoms with Gasteiger partial charge in [0.25, 0.3) is 5.72 Å².